The number of rotatable bonds is 4. The van der Waals surface area contributed by atoms with Crippen molar-refractivity contribution in [2.45, 2.75) is 31.1 Å². The van der Waals surface area contributed by atoms with Gasteiger partial charge in [-0.05, 0) is 31.2 Å². The van der Waals surface area contributed by atoms with Gasteiger partial charge < -0.3 is 0 Å². The number of aromatic nitrogens is 3. The predicted molar refractivity (Wildman–Crippen MR) is 88.7 cm³/mol. The van der Waals surface area contributed by atoms with Gasteiger partial charge in [0, 0.05) is 0 Å². The first kappa shape index (κ1) is 22.2. The fraction of sp³-hybridized carbons (Fsp3) is 0.333. The van der Waals surface area contributed by atoms with E-state index in [-0.39, 0.29) is 17.1 Å². The van der Waals surface area contributed by atoms with E-state index in [4.69, 9.17) is 11.6 Å². The van der Waals surface area contributed by atoms with Crippen LogP contribution < -0.4 is 0 Å². The Bertz CT molecular complexity index is 1030. The van der Waals surface area contributed by atoms with E-state index in [0.29, 0.717) is 18.2 Å². The maximum Gasteiger partial charge on any atom is 0.427 e. The van der Waals surface area contributed by atoms with Crippen molar-refractivity contribution in [2.75, 3.05) is 5.75 Å². The molecule has 5 nitrogen and oxygen atoms in total. The van der Waals surface area contributed by atoms with Crippen molar-refractivity contribution in [3.63, 3.8) is 0 Å². The van der Waals surface area contributed by atoms with E-state index in [2.05, 4.69) is 10.3 Å². The molecule has 0 fully saturated rings. The molecule has 0 saturated carbocycles. The minimum absolute atomic E-state index is 0.0466. The van der Waals surface area contributed by atoms with E-state index in [0.717, 1.165) is 10.7 Å². The molecule has 0 unspecified atom stereocenters. The van der Waals surface area contributed by atoms with Crippen LogP contribution in [0.25, 0.3) is 11.8 Å². The van der Waals surface area contributed by atoms with Crippen LogP contribution in [0.3, 0.4) is 0 Å². The molecule has 0 radical (unpaired) electrons. The van der Waals surface area contributed by atoms with Crippen molar-refractivity contribution in [3.05, 3.63) is 40.2 Å². The zero-order valence-electron chi connectivity index (χ0n) is 14.2. The molecule has 0 atom stereocenters. The van der Waals surface area contributed by atoms with E-state index in [1.165, 1.54) is 13.8 Å². The first-order valence-electron chi connectivity index (χ1n) is 7.49. The molecule has 0 aliphatic carbocycles. The summed E-state index contributed by atoms with van der Waals surface area (Å²) in [6.45, 7) is 2.51. The van der Waals surface area contributed by atoms with Crippen molar-refractivity contribution in [1.29, 1.82) is 0 Å². The highest BCUT2D eigenvalue weighted by Gasteiger charge is 2.34. The summed E-state index contributed by atoms with van der Waals surface area (Å²) in [5, 5.41) is 5.58. The second-order valence-electron chi connectivity index (χ2n) is 5.55. The number of sulfone groups is 1. The highest BCUT2D eigenvalue weighted by molar-refractivity contribution is 7.91. The lowest BCUT2D eigenvalue weighted by molar-refractivity contribution is -0.137. The summed E-state index contributed by atoms with van der Waals surface area (Å²) < 4.78 is 102. The molecule has 154 valence electrons. The number of hydrogen-bond donors (Lipinski definition) is 0. The van der Waals surface area contributed by atoms with Gasteiger partial charge in [0.25, 0.3) is 0 Å². The van der Waals surface area contributed by atoms with Crippen LogP contribution in [-0.4, -0.2) is 35.3 Å². The topological polar surface area (TPSA) is 64.8 Å². The lowest BCUT2D eigenvalue weighted by atomic mass is 10.2. The van der Waals surface area contributed by atoms with Gasteiger partial charge in [0.15, 0.2) is 9.84 Å². The van der Waals surface area contributed by atoms with Crippen molar-refractivity contribution in [3.8, 4) is 5.69 Å². The second kappa shape index (κ2) is 7.39. The lowest BCUT2D eigenvalue weighted by Gasteiger charge is -2.14. The van der Waals surface area contributed by atoms with Gasteiger partial charge in [0.2, 0.25) is 0 Å². The highest BCUT2D eigenvalue weighted by atomic mass is 35.5. The molecule has 28 heavy (non-hydrogen) atoms. The molecule has 0 saturated heterocycles. The van der Waals surface area contributed by atoms with Gasteiger partial charge in [-0.3, -0.25) is 0 Å². The van der Waals surface area contributed by atoms with Crippen LogP contribution in [0.4, 0.5) is 26.3 Å². The number of benzene rings is 1. The number of alkyl halides is 6. The Morgan fingerprint density at radius 1 is 1.21 bits per heavy atom. The van der Waals surface area contributed by atoms with Crippen LogP contribution in [0, 0.1) is 6.92 Å². The van der Waals surface area contributed by atoms with Gasteiger partial charge in [0.1, 0.15) is 10.7 Å². The van der Waals surface area contributed by atoms with E-state index in [9.17, 15) is 34.8 Å². The Morgan fingerprint density at radius 2 is 1.82 bits per heavy atom. The van der Waals surface area contributed by atoms with Crippen molar-refractivity contribution in [2.24, 2.45) is 0 Å². The molecule has 2 aromatic rings. The SMILES string of the molecule is CCS(=O)(=O)c1cc(C(F)(F)F)ccc1-n1nnc(C=C(Cl)C(F)(F)F)c1C. The average Bonchev–Trinajstić information content (AvgIpc) is 2.93. The summed E-state index contributed by atoms with van der Waals surface area (Å²) in [6.07, 6.45) is -9.14. The third-order valence-electron chi connectivity index (χ3n) is 3.69. The molecular weight excluding hydrogens is 436 g/mol. The monoisotopic (exact) mass is 447 g/mol. The zero-order chi connectivity index (χ0) is 21.5. The Morgan fingerprint density at radius 3 is 2.32 bits per heavy atom. The largest absolute Gasteiger partial charge is 0.427 e. The van der Waals surface area contributed by atoms with Gasteiger partial charge in [0.05, 0.1) is 27.6 Å². The summed E-state index contributed by atoms with van der Waals surface area (Å²) >= 11 is 5.15. The smallest absolute Gasteiger partial charge is 0.224 e. The third-order valence-corrected chi connectivity index (χ3v) is 5.78. The third kappa shape index (κ3) is 4.49. The molecular formula is C15H12ClF6N3O2S. The first-order chi connectivity index (χ1) is 12.7. The number of halogens is 7. The van der Waals surface area contributed by atoms with Gasteiger partial charge >= 0.3 is 12.4 Å². The van der Waals surface area contributed by atoms with Crippen LogP contribution in [-0.2, 0) is 16.0 Å². The second-order valence-corrected chi connectivity index (χ2v) is 8.20. The molecule has 0 spiro atoms. The molecule has 13 heteroatoms. The van der Waals surface area contributed by atoms with Crippen molar-refractivity contribution < 1.29 is 34.8 Å². The van der Waals surface area contributed by atoms with E-state index in [1.54, 1.807) is 0 Å². The van der Waals surface area contributed by atoms with E-state index >= 15 is 0 Å². The number of hydrogen-bond acceptors (Lipinski definition) is 4. The summed E-state index contributed by atoms with van der Waals surface area (Å²) in [4.78, 5) is -0.671. The number of allylic oxidation sites excluding steroid dienone is 1. The van der Waals surface area contributed by atoms with Crippen LogP contribution in [0.5, 0.6) is 0 Å². The first-order valence-corrected chi connectivity index (χ1v) is 9.52. The Kier molecular flexibility index (Phi) is 5.86. The van der Waals surface area contributed by atoms with Crippen LogP contribution in [0.15, 0.2) is 28.1 Å². The van der Waals surface area contributed by atoms with Gasteiger partial charge in [-0.25, -0.2) is 13.1 Å². The normalized spacial score (nSPS) is 13.8. The molecule has 1 heterocycles. The minimum Gasteiger partial charge on any atom is -0.224 e. The van der Waals surface area contributed by atoms with Crippen LogP contribution >= 0.6 is 11.6 Å². The van der Waals surface area contributed by atoms with Crippen molar-refractivity contribution >= 4 is 27.5 Å². The molecule has 1 aromatic carbocycles. The van der Waals surface area contributed by atoms with Crippen molar-refractivity contribution in [1.82, 2.24) is 15.0 Å². The van der Waals surface area contributed by atoms with E-state index in [1.807, 2.05) is 0 Å². The summed E-state index contributed by atoms with van der Waals surface area (Å²) in [5.74, 6) is -0.498. The summed E-state index contributed by atoms with van der Waals surface area (Å²) in [7, 11) is -4.12. The predicted octanol–water partition coefficient (Wildman–Crippen LogP) is 4.53. The van der Waals surface area contributed by atoms with E-state index < -0.39 is 43.4 Å². The average molecular weight is 448 g/mol. The fourth-order valence-electron chi connectivity index (χ4n) is 2.17. The Balaban J connectivity index is 2.70. The molecule has 0 amide bonds. The van der Waals surface area contributed by atoms with Gasteiger partial charge in [-0.2, -0.15) is 26.3 Å². The molecule has 0 bridgehead atoms. The molecule has 0 aliphatic heterocycles. The highest BCUT2D eigenvalue weighted by Crippen LogP contribution is 2.34. The summed E-state index contributed by atoms with van der Waals surface area (Å²) in [6, 6.07) is 1.96. The molecule has 1 aromatic heterocycles. The van der Waals surface area contributed by atoms with Crippen LogP contribution in [0.2, 0.25) is 0 Å². The fourth-order valence-corrected chi connectivity index (χ4v) is 3.37. The Hall–Kier alpha value is -2.08. The molecule has 0 N–H and O–H groups in total. The zero-order valence-corrected chi connectivity index (χ0v) is 15.8. The lowest BCUT2D eigenvalue weighted by Crippen LogP contribution is -2.14. The maximum atomic E-state index is 13.0. The molecule has 2 rings (SSSR count). The van der Waals surface area contributed by atoms with Crippen LogP contribution in [0.1, 0.15) is 23.9 Å². The quantitative estimate of drug-likeness (QED) is 0.646. The standard InChI is InChI=1S/C15H12ClF6N3O2S/c1-3-28(26,27)12-6-9(14(17,18)19)4-5-11(12)25-8(2)10(23-24-25)7-13(16)15(20,21)22/h4-7H,3H2,1-2H3. The molecule has 0 aliphatic rings. The summed E-state index contributed by atoms with van der Waals surface area (Å²) in [5.41, 5.74) is -1.83. The van der Waals surface area contributed by atoms with Gasteiger partial charge in [-0.1, -0.05) is 23.7 Å². The Labute approximate surface area is 160 Å². The minimum atomic E-state index is -4.83. The number of nitrogens with zero attached hydrogens (tertiary/aromatic N) is 3. The maximum absolute atomic E-state index is 13.0. The van der Waals surface area contributed by atoms with Gasteiger partial charge in [-0.15, -0.1) is 5.10 Å².